The van der Waals surface area contributed by atoms with E-state index in [0.717, 1.165) is 6.42 Å². The van der Waals surface area contributed by atoms with Crippen molar-refractivity contribution in [3.05, 3.63) is 0 Å². The highest BCUT2D eigenvalue weighted by atomic mass is 16.5. The van der Waals surface area contributed by atoms with E-state index in [1.54, 1.807) is 7.11 Å². The highest BCUT2D eigenvalue weighted by Crippen LogP contribution is 2.18. The summed E-state index contributed by atoms with van der Waals surface area (Å²) in [5, 5.41) is 12.5. The monoisotopic (exact) mass is 201 g/mol. The summed E-state index contributed by atoms with van der Waals surface area (Å²) < 4.78 is 5.12. The maximum Gasteiger partial charge on any atom is 0.0616 e. The lowest BCUT2D eigenvalue weighted by molar-refractivity contribution is 0.138. The molecule has 1 aliphatic rings. The first-order valence-electron chi connectivity index (χ1n) is 5.72. The summed E-state index contributed by atoms with van der Waals surface area (Å²) in [4.78, 5) is 0. The van der Waals surface area contributed by atoms with Crippen LogP contribution in [0.3, 0.4) is 0 Å². The molecule has 14 heavy (non-hydrogen) atoms. The fourth-order valence-electron chi connectivity index (χ4n) is 2.17. The first kappa shape index (κ1) is 12.0. The Morgan fingerprint density at radius 1 is 1.36 bits per heavy atom. The van der Waals surface area contributed by atoms with E-state index < -0.39 is 0 Å². The lowest BCUT2D eigenvalue weighted by Gasteiger charge is -2.27. The molecule has 3 nitrogen and oxygen atoms in total. The van der Waals surface area contributed by atoms with Crippen molar-refractivity contribution in [3.8, 4) is 0 Å². The van der Waals surface area contributed by atoms with Crippen LogP contribution in [0.1, 0.15) is 38.5 Å². The summed E-state index contributed by atoms with van der Waals surface area (Å²) in [6, 6.07) is 0.976. The van der Waals surface area contributed by atoms with Crippen LogP contribution in [0.25, 0.3) is 0 Å². The molecule has 0 aliphatic heterocycles. The molecule has 1 unspecified atom stereocenters. The quantitative estimate of drug-likeness (QED) is 0.681. The van der Waals surface area contributed by atoms with Crippen molar-refractivity contribution < 1.29 is 9.84 Å². The molecule has 3 heteroatoms. The maximum atomic E-state index is 8.90. The molecule has 0 spiro atoms. The van der Waals surface area contributed by atoms with E-state index >= 15 is 0 Å². The van der Waals surface area contributed by atoms with Crippen LogP contribution in [0.15, 0.2) is 0 Å². The molecule has 1 fully saturated rings. The normalized spacial score (nSPS) is 21.0. The predicted molar refractivity (Wildman–Crippen MR) is 57.4 cm³/mol. The summed E-state index contributed by atoms with van der Waals surface area (Å²) >= 11 is 0. The standard InChI is InChI=1S/C11H23NO2/c1-14-9-11(7-8-13)12-10-5-3-2-4-6-10/h10-13H,2-9H2,1H3. The maximum absolute atomic E-state index is 8.90. The van der Waals surface area contributed by atoms with Crippen molar-refractivity contribution in [3.63, 3.8) is 0 Å². The third-order valence-corrected chi connectivity index (χ3v) is 2.92. The van der Waals surface area contributed by atoms with E-state index in [1.807, 2.05) is 0 Å². The molecule has 0 saturated heterocycles. The minimum atomic E-state index is 0.244. The van der Waals surface area contributed by atoms with Crippen LogP contribution in [0, 0.1) is 0 Å². The van der Waals surface area contributed by atoms with Crippen LogP contribution >= 0.6 is 0 Å². The highest BCUT2D eigenvalue weighted by Gasteiger charge is 2.17. The van der Waals surface area contributed by atoms with Crippen molar-refractivity contribution >= 4 is 0 Å². The second-order valence-corrected chi connectivity index (χ2v) is 4.17. The SMILES string of the molecule is COCC(CCO)NC1CCCCC1. The third-order valence-electron chi connectivity index (χ3n) is 2.92. The van der Waals surface area contributed by atoms with Crippen molar-refractivity contribution in [2.45, 2.75) is 50.6 Å². The predicted octanol–water partition coefficient (Wildman–Crippen LogP) is 1.31. The van der Waals surface area contributed by atoms with Crippen LogP contribution in [0.2, 0.25) is 0 Å². The van der Waals surface area contributed by atoms with Gasteiger partial charge in [0, 0.05) is 25.8 Å². The summed E-state index contributed by atoms with van der Waals surface area (Å²) in [6.07, 6.45) is 7.43. The fraction of sp³-hybridized carbons (Fsp3) is 1.00. The van der Waals surface area contributed by atoms with Gasteiger partial charge in [0.15, 0.2) is 0 Å². The summed E-state index contributed by atoms with van der Waals surface area (Å²) in [5.74, 6) is 0. The summed E-state index contributed by atoms with van der Waals surface area (Å²) in [6.45, 7) is 0.949. The molecule has 0 aromatic heterocycles. The van der Waals surface area contributed by atoms with Gasteiger partial charge in [-0.3, -0.25) is 0 Å². The van der Waals surface area contributed by atoms with Crippen LogP contribution in [-0.2, 0) is 4.74 Å². The minimum Gasteiger partial charge on any atom is -0.396 e. The van der Waals surface area contributed by atoms with E-state index in [2.05, 4.69) is 5.32 Å². The molecule has 1 aliphatic carbocycles. The first-order valence-corrected chi connectivity index (χ1v) is 5.72. The topological polar surface area (TPSA) is 41.5 Å². The Morgan fingerprint density at radius 3 is 2.64 bits per heavy atom. The second-order valence-electron chi connectivity index (χ2n) is 4.17. The molecule has 0 aromatic carbocycles. The van der Waals surface area contributed by atoms with Gasteiger partial charge in [0.05, 0.1) is 6.61 Å². The highest BCUT2D eigenvalue weighted by molar-refractivity contribution is 4.77. The van der Waals surface area contributed by atoms with Gasteiger partial charge in [-0.1, -0.05) is 19.3 Å². The number of methoxy groups -OCH3 is 1. The summed E-state index contributed by atoms with van der Waals surface area (Å²) in [7, 11) is 1.72. The molecule has 1 rings (SSSR count). The largest absolute Gasteiger partial charge is 0.396 e. The molecular weight excluding hydrogens is 178 g/mol. The summed E-state index contributed by atoms with van der Waals surface area (Å²) in [5.41, 5.74) is 0. The second kappa shape index (κ2) is 7.21. The third kappa shape index (κ3) is 4.40. The Kier molecular flexibility index (Phi) is 6.15. The average Bonchev–Trinajstić information content (AvgIpc) is 2.20. The zero-order chi connectivity index (χ0) is 10.2. The number of hydrogen-bond donors (Lipinski definition) is 2. The smallest absolute Gasteiger partial charge is 0.0616 e. The van der Waals surface area contributed by atoms with E-state index in [1.165, 1.54) is 32.1 Å². The molecule has 0 bridgehead atoms. The molecule has 0 amide bonds. The number of ether oxygens (including phenoxy) is 1. The van der Waals surface area contributed by atoms with Crippen LogP contribution in [-0.4, -0.2) is 37.5 Å². The van der Waals surface area contributed by atoms with Crippen molar-refractivity contribution in [1.29, 1.82) is 0 Å². The van der Waals surface area contributed by atoms with Gasteiger partial charge >= 0.3 is 0 Å². The van der Waals surface area contributed by atoms with E-state index in [9.17, 15) is 0 Å². The Morgan fingerprint density at radius 2 is 2.07 bits per heavy atom. The molecule has 2 N–H and O–H groups in total. The molecular formula is C11H23NO2. The zero-order valence-electron chi connectivity index (χ0n) is 9.17. The van der Waals surface area contributed by atoms with Gasteiger partial charge in [0.2, 0.25) is 0 Å². The van der Waals surface area contributed by atoms with Crippen molar-refractivity contribution in [2.75, 3.05) is 20.3 Å². The van der Waals surface area contributed by atoms with Gasteiger partial charge in [-0.05, 0) is 19.3 Å². The Hall–Kier alpha value is -0.120. The molecule has 1 saturated carbocycles. The molecule has 0 radical (unpaired) electrons. The Labute approximate surface area is 86.8 Å². The first-order chi connectivity index (χ1) is 6.86. The van der Waals surface area contributed by atoms with Crippen LogP contribution < -0.4 is 5.32 Å². The van der Waals surface area contributed by atoms with E-state index in [4.69, 9.17) is 9.84 Å². The van der Waals surface area contributed by atoms with E-state index in [0.29, 0.717) is 18.7 Å². The van der Waals surface area contributed by atoms with Gasteiger partial charge in [-0.25, -0.2) is 0 Å². The number of hydrogen-bond acceptors (Lipinski definition) is 3. The van der Waals surface area contributed by atoms with Crippen LogP contribution in [0.4, 0.5) is 0 Å². The molecule has 0 aromatic rings. The Balaban J connectivity index is 2.21. The Bertz CT molecular complexity index is 129. The van der Waals surface area contributed by atoms with Gasteiger partial charge in [0.25, 0.3) is 0 Å². The van der Waals surface area contributed by atoms with Gasteiger partial charge in [-0.2, -0.15) is 0 Å². The molecule has 84 valence electrons. The van der Waals surface area contributed by atoms with Crippen molar-refractivity contribution in [1.82, 2.24) is 5.32 Å². The van der Waals surface area contributed by atoms with E-state index in [-0.39, 0.29) is 6.61 Å². The van der Waals surface area contributed by atoms with Gasteiger partial charge in [0.1, 0.15) is 0 Å². The minimum absolute atomic E-state index is 0.244. The zero-order valence-corrected chi connectivity index (χ0v) is 9.17. The number of aliphatic hydroxyl groups is 1. The molecule has 1 atom stereocenters. The van der Waals surface area contributed by atoms with Gasteiger partial charge in [-0.15, -0.1) is 0 Å². The number of rotatable bonds is 6. The van der Waals surface area contributed by atoms with Crippen molar-refractivity contribution in [2.24, 2.45) is 0 Å². The number of aliphatic hydroxyl groups excluding tert-OH is 1. The lowest BCUT2D eigenvalue weighted by atomic mass is 9.94. The van der Waals surface area contributed by atoms with Crippen LogP contribution in [0.5, 0.6) is 0 Å². The average molecular weight is 201 g/mol. The van der Waals surface area contributed by atoms with Gasteiger partial charge < -0.3 is 15.2 Å². The lowest BCUT2D eigenvalue weighted by Crippen LogP contribution is -2.42. The number of nitrogens with one attached hydrogen (secondary N) is 1. The molecule has 0 heterocycles. The fourth-order valence-corrected chi connectivity index (χ4v) is 2.17.